The van der Waals surface area contributed by atoms with E-state index < -0.39 is 0 Å². The second-order valence-electron chi connectivity index (χ2n) is 5.21. The van der Waals surface area contributed by atoms with E-state index in [1.807, 2.05) is 0 Å². The third-order valence-corrected chi connectivity index (χ3v) is 4.22. The van der Waals surface area contributed by atoms with E-state index in [1.165, 1.54) is 0 Å². The van der Waals surface area contributed by atoms with Crippen molar-refractivity contribution >= 4 is 40.7 Å². The predicted octanol–water partition coefficient (Wildman–Crippen LogP) is 3.48. The maximum atomic E-state index is 12.0. The molecule has 0 radical (unpaired) electrons. The number of benzene rings is 1. The Morgan fingerprint density at radius 1 is 1.19 bits per heavy atom. The van der Waals surface area contributed by atoms with Crippen LogP contribution in [0.2, 0.25) is 10.0 Å². The van der Waals surface area contributed by atoms with Crippen LogP contribution < -0.4 is 10.6 Å². The van der Waals surface area contributed by atoms with E-state index in [1.54, 1.807) is 18.2 Å². The Bertz CT molecular complexity index is 548. The molecule has 0 saturated heterocycles. The number of carbonyl (C=O) groups is 2. The topological polar surface area (TPSA) is 58.2 Å². The standard InChI is InChI=1S/C15H18Cl2N2O2/c1-2-3-6-18-14(20)10-8-11(10)15(21)19-9-4-5-12(16)13(17)7-9/h4-5,7,10-11H,2-3,6,8H2,1H3,(H,18,20)(H,19,21). The smallest absolute Gasteiger partial charge is 0.228 e. The number of unbranched alkanes of at least 4 members (excludes halogenated alkanes) is 1. The van der Waals surface area contributed by atoms with Crippen LogP contribution in [-0.4, -0.2) is 18.4 Å². The van der Waals surface area contributed by atoms with Crippen LogP contribution in [0.5, 0.6) is 0 Å². The van der Waals surface area contributed by atoms with Gasteiger partial charge in [0.15, 0.2) is 0 Å². The Labute approximate surface area is 134 Å². The van der Waals surface area contributed by atoms with Gasteiger partial charge in [-0.25, -0.2) is 0 Å². The molecule has 6 heteroatoms. The number of carbonyl (C=O) groups excluding carboxylic acids is 2. The first-order valence-electron chi connectivity index (χ1n) is 7.06. The third-order valence-electron chi connectivity index (χ3n) is 3.48. The average Bonchev–Trinajstić information content (AvgIpc) is 3.23. The Kier molecular flexibility index (Phi) is 5.48. The highest BCUT2D eigenvalue weighted by Crippen LogP contribution is 2.39. The quantitative estimate of drug-likeness (QED) is 0.785. The van der Waals surface area contributed by atoms with Gasteiger partial charge in [-0.3, -0.25) is 9.59 Å². The van der Waals surface area contributed by atoms with Crippen LogP contribution in [0.3, 0.4) is 0 Å². The predicted molar refractivity (Wildman–Crippen MR) is 84.6 cm³/mol. The molecule has 1 fully saturated rings. The summed E-state index contributed by atoms with van der Waals surface area (Å²) in [6.45, 7) is 2.74. The number of halogens is 2. The fraction of sp³-hybridized carbons (Fsp3) is 0.467. The zero-order valence-electron chi connectivity index (χ0n) is 11.8. The highest BCUT2D eigenvalue weighted by atomic mass is 35.5. The lowest BCUT2D eigenvalue weighted by Gasteiger charge is -2.06. The molecule has 1 aliphatic rings. The van der Waals surface area contributed by atoms with Gasteiger partial charge >= 0.3 is 0 Å². The molecule has 21 heavy (non-hydrogen) atoms. The van der Waals surface area contributed by atoms with Crippen LogP contribution in [0.4, 0.5) is 5.69 Å². The molecule has 2 rings (SSSR count). The van der Waals surface area contributed by atoms with Crippen LogP contribution in [0.15, 0.2) is 18.2 Å². The highest BCUT2D eigenvalue weighted by molar-refractivity contribution is 6.42. The first kappa shape index (κ1) is 16.1. The van der Waals surface area contributed by atoms with Crippen molar-refractivity contribution in [2.24, 2.45) is 11.8 Å². The summed E-state index contributed by atoms with van der Waals surface area (Å²) in [6, 6.07) is 4.91. The molecule has 2 unspecified atom stereocenters. The largest absolute Gasteiger partial charge is 0.356 e. The zero-order valence-corrected chi connectivity index (χ0v) is 13.3. The lowest BCUT2D eigenvalue weighted by molar-refractivity contribution is -0.125. The van der Waals surface area contributed by atoms with Gasteiger partial charge in [0, 0.05) is 12.2 Å². The van der Waals surface area contributed by atoms with Crippen molar-refractivity contribution < 1.29 is 9.59 Å². The molecule has 0 spiro atoms. The minimum absolute atomic E-state index is 0.0299. The van der Waals surface area contributed by atoms with Crippen LogP contribution >= 0.6 is 23.2 Å². The molecular weight excluding hydrogens is 311 g/mol. The van der Waals surface area contributed by atoms with Gasteiger partial charge in [-0.2, -0.15) is 0 Å². The molecular formula is C15H18Cl2N2O2. The van der Waals surface area contributed by atoms with E-state index in [4.69, 9.17) is 23.2 Å². The van der Waals surface area contributed by atoms with Gasteiger partial charge in [0.25, 0.3) is 0 Å². The Morgan fingerprint density at radius 3 is 2.57 bits per heavy atom. The molecule has 2 amide bonds. The zero-order chi connectivity index (χ0) is 15.4. The van der Waals surface area contributed by atoms with Gasteiger partial charge in [-0.1, -0.05) is 36.5 Å². The Morgan fingerprint density at radius 2 is 1.90 bits per heavy atom. The van der Waals surface area contributed by atoms with Crippen molar-refractivity contribution in [1.82, 2.24) is 5.32 Å². The molecule has 4 nitrogen and oxygen atoms in total. The Balaban J connectivity index is 1.82. The van der Waals surface area contributed by atoms with E-state index >= 15 is 0 Å². The van der Waals surface area contributed by atoms with E-state index in [-0.39, 0.29) is 23.7 Å². The second-order valence-corrected chi connectivity index (χ2v) is 6.03. The van der Waals surface area contributed by atoms with Crippen molar-refractivity contribution in [3.63, 3.8) is 0 Å². The molecule has 0 bridgehead atoms. The summed E-state index contributed by atoms with van der Waals surface area (Å²) in [5.74, 6) is -0.632. The number of hydrogen-bond acceptors (Lipinski definition) is 2. The molecule has 0 heterocycles. The lowest BCUT2D eigenvalue weighted by atomic mass is 10.2. The highest BCUT2D eigenvalue weighted by Gasteiger charge is 2.47. The normalized spacial score (nSPS) is 20.0. The van der Waals surface area contributed by atoms with Crippen molar-refractivity contribution in [3.8, 4) is 0 Å². The van der Waals surface area contributed by atoms with Gasteiger partial charge in [-0.15, -0.1) is 0 Å². The van der Waals surface area contributed by atoms with Crippen LogP contribution in [0, 0.1) is 11.8 Å². The van der Waals surface area contributed by atoms with E-state index in [2.05, 4.69) is 17.6 Å². The van der Waals surface area contributed by atoms with E-state index in [9.17, 15) is 9.59 Å². The van der Waals surface area contributed by atoms with Crippen molar-refractivity contribution in [2.75, 3.05) is 11.9 Å². The third kappa shape index (κ3) is 4.35. The number of hydrogen-bond donors (Lipinski definition) is 2. The average molecular weight is 329 g/mol. The monoisotopic (exact) mass is 328 g/mol. The summed E-state index contributed by atoms with van der Waals surface area (Å²) in [7, 11) is 0. The van der Waals surface area contributed by atoms with Crippen LogP contribution in [0.1, 0.15) is 26.2 Å². The van der Waals surface area contributed by atoms with Crippen LogP contribution in [0.25, 0.3) is 0 Å². The molecule has 0 aliphatic heterocycles. The molecule has 1 aromatic carbocycles. The summed E-state index contributed by atoms with van der Waals surface area (Å²) in [4.78, 5) is 23.9. The molecule has 114 valence electrons. The van der Waals surface area contributed by atoms with E-state index in [0.717, 1.165) is 12.8 Å². The fourth-order valence-corrected chi connectivity index (χ4v) is 2.40. The number of amides is 2. The molecule has 0 aromatic heterocycles. The molecule has 2 atom stereocenters. The summed E-state index contributed by atoms with van der Waals surface area (Å²) in [5, 5.41) is 6.44. The SMILES string of the molecule is CCCCNC(=O)C1CC1C(=O)Nc1ccc(Cl)c(Cl)c1. The summed E-state index contributed by atoms with van der Waals surface area (Å²) in [6.07, 6.45) is 2.59. The molecule has 1 aliphatic carbocycles. The van der Waals surface area contributed by atoms with Gasteiger partial charge in [0.05, 0.1) is 21.9 Å². The summed E-state index contributed by atoms with van der Waals surface area (Å²) < 4.78 is 0. The number of rotatable bonds is 6. The van der Waals surface area contributed by atoms with Crippen molar-refractivity contribution in [2.45, 2.75) is 26.2 Å². The summed E-state index contributed by atoms with van der Waals surface area (Å²) >= 11 is 11.7. The first-order chi connectivity index (χ1) is 10.0. The van der Waals surface area contributed by atoms with Gasteiger partial charge in [-0.05, 0) is 31.0 Å². The second kappa shape index (κ2) is 7.14. The molecule has 2 N–H and O–H groups in total. The van der Waals surface area contributed by atoms with Crippen molar-refractivity contribution in [1.29, 1.82) is 0 Å². The van der Waals surface area contributed by atoms with Gasteiger partial charge < -0.3 is 10.6 Å². The minimum atomic E-state index is -0.249. The maximum absolute atomic E-state index is 12.0. The first-order valence-corrected chi connectivity index (χ1v) is 7.82. The van der Waals surface area contributed by atoms with Crippen LogP contribution in [-0.2, 0) is 9.59 Å². The summed E-state index contributed by atoms with van der Waals surface area (Å²) in [5.41, 5.74) is 0.589. The van der Waals surface area contributed by atoms with Gasteiger partial charge in [0.2, 0.25) is 11.8 Å². The lowest BCUT2D eigenvalue weighted by Crippen LogP contribution is -2.28. The van der Waals surface area contributed by atoms with Gasteiger partial charge in [0.1, 0.15) is 0 Å². The van der Waals surface area contributed by atoms with E-state index in [0.29, 0.717) is 28.7 Å². The van der Waals surface area contributed by atoms with Crippen molar-refractivity contribution in [3.05, 3.63) is 28.2 Å². The number of anilines is 1. The minimum Gasteiger partial charge on any atom is -0.356 e. The Hall–Kier alpha value is -1.26. The maximum Gasteiger partial charge on any atom is 0.228 e. The fourth-order valence-electron chi connectivity index (χ4n) is 2.10. The number of nitrogens with one attached hydrogen (secondary N) is 2. The molecule has 1 aromatic rings. The molecule has 1 saturated carbocycles.